The predicted molar refractivity (Wildman–Crippen MR) is 93.4 cm³/mol. The molecule has 3 rings (SSSR count). The van der Waals surface area contributed by atoms with Crippen molar-refractivity contribution in [2.45, 2.75) is 32.7 Å². The van der Waals surface area contributed by atoms with Crippen molar-refractivity contribution in [1.29, 1.82) is 0 Å². The van der Waals surface area contributed by atoms with Crippen LogP contribution in [0.3, 0.4) is 0 Å². The maximum Gasteiger partial charge on any atom is 0.265 e. The molecule has 1 aliphatic rings. The lowest BCUT2D eigenvalue weighted by Crippen LogP contribution is -2.44. The molecule has 0 saturated carbocycles. The number of hydrogen-bond acceptors (Lipinski definition) is 2. The van der Waals surface area contributed by atoms with Gasteiger partial charge in [-0.3, -0.25) is 4.79 Å². The van der Waals surface area contributed by atoms with Crippen LogP contribution in [-0.4, -0.2) is 18.6 Å². The van der Waals surface area contributed by atoms with Crippen LogP contribution in [0, 0.1) is 12.7 Å². The van der Waals surface area contributed by atoms with E-state index in [1.54, 1.807) is 29.2 Å². The van der Waals surface area contributed by atoms with Crippen molar-refractivity contribution in [3.63, 3.8) is 0 Å². The Kier molecular flexibility index (Phi) is 4.76. The summed E-state index contributed by atoms with van der Waals surface area (Å²) < 4.78 is 19.1. The monoisotopic (exact) mass is 347 g/mol. The van der Waals surface area contributed by atoms with E-state index in [-0.39, 0.29) is 24.4 Å². The van der Waals surface area contributed by atoms with Crippen LogP contribution < -0.4 is 9.64 Å². The van der Waals surface area contributed by atoms with Crippen LogP contribution in [0.25, 0.3) is 0 Å². The number of anilines is 1. The first-order chi connectivity index (χ1) is 11.5. The van der Waals surface area contributed by atoms with Gasteiger partial charge in [0.1, 0.15) is 11.6 Å². The average Bonchev–Trinajstić information content (AvgIpc) is 2.54. The Balaban J connectivity index is 1.77. The van der Waals surface area contributed by atoms with E-state index in [4.69, 9.17) is 16.3 Å². The summed E-state index contributed by atoms with van der Waals surface area (Å²) in [5.41, 5.74) is 2.52. The number of rotatable bonds is 3. The van der Waals surface area contributed by atoms with Gasteiger partial charge in [0.15, 0.2) is 6.61 Å². The fourth-order valence-electron chi connectivity index (χ4n) is 3.08. The van der Waals surface area contributed by atoms with Crippen molar-refractivity contribution in [2.75, 3.05) is 11.5 Å². The summed E-state index contributed by atoms with van der Waals surface area (Å²) in [7, 11) is 0. The quantitative estimate of drug-likeness (QED) is 0.816. The van der Waals surface area contributed by atoms with Gasteiger partial charge in [-0.2, -0.15) is 0 Å². The van der Waals surface area contributed by atoms with Crippen LogP contribution in [0.5, 0.6) is 5.75 Å². The highest BCUT2D eigenvalue weighted by atomic mass is 35.5. The van der Waals surface area contributed by atoms with Gasteiger partial charge in [-0.25, -0.2) is 4.39 Å². The lowest BCUT2D eigenvalue weighted by atomic mass is 9.96. The predicted octanol–water partition coefficient (Wildman–Crippen LogP) is 4.53. The molecular formula is C19H19ClFNO2. The molecule has 5 heteroatoms. The largest absolute Gasteiger partial charge is 0.483 e. The first-order valence-corrected chi connectivity index (χ1v) is 8.33. The molecule has 0 aromatic heterocycles. The molecule has 126 valence electrons. The average molecular weight is 348 g/mol. The van der Waals surface area contributed by atoms with Crippen molar-refractivity contribution < 1.29 is 13.9 Å². The molecule has 1 unspecified atom stereocenters. The topological polar surface area (TPSA) is 29.5 Å². The highest BCUT2D eigenvalue weighted by Gasteiger charge is 2.28. The Bertz CT molecular complexity index is 778. The number of amides is 1. The van der Waals surface area contributed by atoms with Gasteiger partial charge in [-0.15, -0.1) is 0 Å². The summed E-state index contributed by atoms with van der Waals surface area (Å²) in [5, 5.41) is 0.631. The number of ether oxygens (including phenoxy) is 1. The molecule has 0 saturated heterocycles. The van der Waals surface area contributed by atoms with E-state index in [0.717, 1.165) is 29.7 Å². The van der Waals surface area contributed by atoms with Gasteiger partial charge in [0.2, 0.25) is 0 Å². The maximum atomic E-state index is 13.4. The molecule has 1 amide bonds. The number of nitrogens with zero attached hydrogens (tertiary/aromatic N) is 1. The Morgan fingerprint density at radius 1 is 1.33 bits per heavy atom. The van der Waals surface area contributed by atoms with Gasteiger partial charge in [0.05, 0.1) is 0 Å². The van der Waals surface area contributed by atoms with Gasteiger partial charge in [-0.05, 0) is 74.2 Å². The van der Waals surface area contributed by atoms with Gasteiger partial charge in [0.25, 0.3) is 5.91 Å². The first kappa shape index (κ1) is 16.8. The second-order valence-corrected chi connectivity index (χ2v) is 6.56. The first-order valence-electron chi connectivity index (χ1n) is 7.95. The third-order valence-corrected chi connectivity index (χ3v) is 4.57. The molecule has 0 spiro atoms. The lowest BCUT2D eigenvalue weighted by Gasteiger charge is -2.35. The fourth-order valence-corrected chi connectivity index (χ4v) is 3.31. The summed E-state index contributed by atoms with van der Waals surface area (Å²) in [6.45, 7) is 3.81. The minimum atomic E-state index is -0.274. The number of benzene rings is 2. The van der Waals surface area contributed by atoms with Crippen molar-refractivity contribution in [1.82, 2.24) is 0 Å². The molecule has 1 atom stereocenters. The molecule has 0 fully saturated rings. The number of aryl methyl sites for hydroxylation is 2. The van der Waals surface area contributed by atoms with Crippen LogP contribution >= 0.6 is 11.6 Å². The second-order valence-electron chi connectivity index (χ2n) is 6.12. The Morgan fingerprint density at radius 2 is 2.12 bits per heavy atom. The molecule has 0 aliphatic carbocycles. The molecule has 0 radical (unpaired) electrons. The lowest BCUT2D eigenvalue weighted by molar-refractivity contribution is -0.121. The van der Waals surface area contributed by atoms with Crippen LogP contribution in [0.15, 0.2) is 36.4 Å². The molecule has 1 aliphatic heterocycles. The zero-order valence-electron chi connectivity index (χ0n) is 13.7. The third-order valence-electron chi connectivity index (χ3n) is 4.33. The number of fused-ring (bicyclic) bond motifs is 1. The highest BCUT2D eigenvalue weighted by Crippen LogP contribution is 2.31. The van der Waals surface area contributed by atoms with Crippen LogP contribution in [0.2, 0.25) is 5.02 Å². The van der Waals surface area contributed by atoms with E-state index in [1.807, 2.05) is 13.8 Å². The summed E-state index contributed by atoms with van der Waals surface area (Å²) in [6.07, 6.45) is 1.58. The zero-order valence-corrected chi connectivity index (χ0v) is 14.4. The van der Waals surface area contributed by atoms with Crippen molar-refractivity contribution in [3.8, 4) is 5.75 Å². The maximum absolute atomic E-state index is 13.4. The number of hydrogen-bond donors (Lipinski definition) is 0. The summed E-state index contributed by atoms with van der Waals surface area (Å²) >= 11 is 5.93. The van der Waals surface area contributed by atoms with E-state index in [0.29, 0.717) is 10.8 Å². The van der Waals surface area contributed by atoms with Crippen LogP contribution in [0.1, 0.15) is 24.5 Å². The Hall–Kier alpha value is -2.07. The number of halogens is 2. The van der Waals surface area contributed by atoms with E-state index < -0.39 is 0 Å². The van der Waals surface area contributed by atoms with Gasteiger partial charge >= 0.3 is 0 Å². The zero-order chi connectivity index (χ0) is 17.3. The Morgan fingerprint density at radius 3 is 2.88 bits per heavy atom. The van der Waals surface area contributed by atoms with E-state index >= 15 is 0 Å². The summed E-state index contributed by atoms with van der Waals surface area (Å²) in [5.74, 6) is 0.227. The van der Waals surface area contributed by atoms with Crippen molar-refractivity contribution in [2.24, 2.45) is 0 Å². The third kappa shape index (κ3) is 3.39. The summed E-state index contributed by atoms with van der Waals surface area (Å²) in [6, 6.07) is 9.91. The van der Waals surface area contributed by atoms with E-state index in [2.05, 4.69) is 0 Å². The highest BCUT2D eigenvalue weighted by molar-refractivity contribution is 6.30. The molecule has 0 N–H and O–H groups in total. The van der Waals surface area contributed by atoms with Gasteiger partial charge in [0, 0.05) is 16.8 Å². The molecule has 2 aromatic carbocycles. The summed E-state index contributed by atoms with van der Waals surface area (Å²) in [4.78, 5) is 14.4. The number of carbonyl (C=O) groups is 1. The van der Waals surface area contributed by atoms with Crippen molar-refractivity contribution >= 4 is 23.2 Å². The fraction of sp³-hybridized carbons (Fsp3) is 0.316. The SMILES string of the molecule is Cc1cc(Cl)ccc1OCC(=O)N1c2ccc(F)cc2CCC1C. The normalized spacial score (nSPS) is 16.7. The number of carbonyl (C=O) groups excluding carboxylic acids is 1. The molecule has 3 nitrogen and oxygen atoms in total. The van der Waals surface area contributed by atoms with Crippen LogP contribution in [-0.2, 0) is 11.2 Å². The minimum Gasteiger partial charge on any atom is -0.483 e. The molecule has 1 heterocycles. The minimum absolute atomic E-state index is 0.0605. The van der Waals surface area contributed by atoms with E-state index in [1.165, 1.54) is 12.1 Å². The van der Waals surface area contributed by atoms with Gasteiger partial charge in [-0.1, -0.05) is 11.6 Å². The Labute approximate surface area is 146 Å². The second kappa shape index (κ2) is 6.81. The molecule has 24 heavy (non-hydrogen) atoms. The standard InChI is InChI=1S/C19H19ClFNO2/c1-12-9-15(20)5-8-18(12)24-11-19(23)22-13(2)3-4-14-10-16(21)6-7-17(14)22/h5-10,13H,3-4,11H2,1-2H3. The molecule has 0 bridgehead atoms. The smallest absolute Gasteiger partial charge is 0.265 e. The van der Waals surface area contributed by atoms with Crippen molar-refractivity contribution in [3.05, 3.63) is 58.4 Å². The van der Waals surface area contributed by atoms with Gasteiger partial charge < -0.3 is 9.64 Å². The van der Waals surface area contributed by atoms with Crippen LogP contribution in [0.4, 0.5) is 10.1 Å². The molecular weight excluding hydrogens is 329 g/mol. The molecule has 2 aromatic rings. The van der Waals surface area contributed by atoms with E-state index in [9.17, 15) is 9.18 Å².